The van der Waals surface area contributed by atoms with Crippen LogP contribution in [0.2, 0.25) is 0 Å². The van der Waals surface area contributed by atoms with E-state index in [0.717, 1.165) is 18.4 Å². The van der Waals surface area contributed by atoms with Gasteiger partial charge in [0.1, 0.15) is 0 Å². The van der Waals surface area contributed by atoms with Crippen molar-refractivity contribution in [2.24, 2.45) is 0 Å². The number of nitrogens with zero attached hydrogens (tertiary/aromatic N) is 2. The molecule has 0 aliphatic heterocycles. The molecule has 1 fully saturated rings. The van der Waals surface area contributed by atoms with E-state index in [4.69, 9.17) is 4.74 Å². The van der Waals surface area contributed by atoms with Crippen molar-refractivity contribution in [1.82, 2.24) is 14.0 Å². The first kappa shape index (κ1) is 20.9. The SMILES string of the molecule is COCCN(Cc1cccnc1)S(=O)(=O)c1ccc(S(=O)(=O)NC2CC2)cc1. The monoisotopic (exact) mass is 425 g/mol. The number of methoxy groups -OCH3 is 1. The van der Waals surface area contributed by atoms with E-state index in [0.29, 0.717) is 0 Å². The minimum Gasteiger partial charge on any atom is -0.383 e. The summed E-state index contributed by atoms with van der Waals surface area (Å²) >= 11 is 0. The Morgan fingerprint density at radius 3 is 2.36 bits per heavy atom. The van der Waals surface area contributed by atoms with E-state index >= 15 is 0 Å². The van der Waals surface area contributed by atoms with Crippen molar-refractivity contribution in [2.75, 3.05) is 20.3 Å². The highest BCUT2D eigenvalue weighted by Crippen LogP contribution is 2.24. The van der Waals surface area contributed by atoms with Crippen LogP contribution in [0.5, 0.6) is 0 Å². The molecule has 1 aliphatic rings. The maximum Gasteiger partial charge on any atom is 0.243 e. The number of rotatable bonds is 10. The molecule has 0 bridgehead atoms. The molecule has 3 rings (SSSR count). The van der Waals surface area contributed by atoms with Gasteiger partial charge in [-0.1, -0.05) is 6.07 Å². The fraction of sp³-hybridized carbons (Fsp3) is 0.389. The smallest absolute Gasteiger partial charge is 0.243 e. The van der Waals surface area contributed by atoms with E-state index < -0.39 is 20.0 Å². The zero-order valence-corrected chi connectivity index (χ0v) is 17.1. The number of aromatic nitrogens is 1. The standard InChI is InChI=1S/C18H23N3O5S2/c1-26-12-11-21(14-15-3-2-10-19-13-15)28(24,25)18-8-6-17(7-9-18)27(22,23)20-16-4-5-16/h2-3,6-10,13,16,20H,4-5,11-12,14H2,1H3. The topological polar surface area (TPSA) is 106 Å². The van der Waals surface area contributed by atoms with Crippen molar-refractivity contribution in [3.8, 4) is 0 Å². The minimum absolute atomic E-state index is 0.0163. The van der Waals surface area contributed by atoms with Gasteiger partial charge in [0.25, 0.3) is 0 Å². The summed E-state index contributed by atoms with van der Waals surface area (Å²) in [4.78, 5) is 4.09. The predicted molar refractivity (Wildman–Crippen MR) is 103 cm³/mol. The number of sulfonamides is 2. The Kier molecular flexibility index (Phi) is 6.46. The van der Waals surface area contributed by atoms with E-state index in [9.17, 15) is 16.8 Å². The van der Waals surface area contributed by atoms with Crippen molar-refractivity contribution >= 4 is 20.0 Å². The van der Waals surface area contributed by atoms with Gasteiger partial charge < -0.3 is 4.74 Å². The number of hydrogen-bond donors (Lipinski definition) is 1. The number of pyridine rings is 1. The van der Waals surface area contributed by atoms with Crippen LogP contribution in [0.3, 0.4) is 0 Å². The third kappa shape index (κ3) is 5.15. The van der Waals surface area contributed by atoms with Crippen LogP contribution in [0, 0.1) is 0 Å². The van der Waals surface area contributed by atoms with Crippen LogP contribution < -0.4 is 4.72 Å². The molecule has 1 aromatic carbocycles. The number of ether oxygens (including phenoxy) is 1. The molecule has 0 radical (unpaired) electrons. The highest BCUT2D eigenvalue weighted by Gasteiger charge is 2.29. The Labute approximate surface area is 165 Å². The first-order valence-corrected chi connectivity index (χ1v) is 11.8. The normalized spacial score (nSPS) is 15.1. The zero-order valence-electron chi connectivity index (χ0n) is 15.5. The average molecular weight is 426 g/mol. The molecule has 152 valence electrons. The third-order valence-corrected chi connectivity index (χ3v) is 7.69. The van der Waals surface area contributed by atoms with Crippen molar-refractivity contribution in [3.63, 3.8) is 0 Å². The lowest BCUT2D eigenvalue weighted by Crippen LogP contribution is -2.33. The van der Waals surface area contributed by atoms with Gasteiger partial charge in [0, 0.05) is 38.6 Å². The Bertz CT molecular complexity index is 989. The van der Waals surface area contributed by atoms with Gasteiger partial charge in [-0.15, -0.1) is 0 Å². The number of nitrogens with one attached hydrogen (secondary N) is 1. The van der Waals surface area contributed by atoms with Gasteiger partial charge in [-0.25, -0.2) is 21.6 Å². The fourth-order valence-electron chi connectivity index (χ4n) is 2.60. The summed E-state index contributed by atoms with van der Waals surface area (Å²) in [5.74, 6) is 0. The molecule has 0 amide bonds. The quantitative estimate of drug-likeness (QED) is 0.616. The summed E-state index contributed by atoms with van der Waals surface area (Å²) in [7, 11) is -5.96. The summed E-state index contributed by atoms with van der Waals surface area (Å²) in [5.41, 5.74) is 0.745. The molecule has 0 unspecified atom stereocenters. The van der Waals surface area contributed by atoms with Crippen molar-refractivity contribution in [1.29, 1.82) is 0 Å². The van der Waals surface area contributed by atoms with Crippen molar-refractivity contribution in [2.45, 2.75) is 35.2 Å². The molecular weight excluding hydrogens is 402 g/mol. The van der Waals surface area contributed by atoms with Crippen LogP contribution in [-0.2, 0) is 31.3 Å². The Balaban J connectivity index is 1.83. The largest absolute Gasteiger partial charge is 0.383 e. The van der Waals surface area contributed by atoms with Gasteiger partial charge in [0.15, 0.2) is 0 Å². The molecular formula is C18H23N3O5S2. The molecule has 10 heteroatoms. The van der Waals surface area contributed by atoms with Crippen LogP contribution in [0.15, 0.2) is 58.6 Å². The predicted octanol–water partition coefficient (Wildman–Crippen LogP) is 1.36. The van der Waals surface area contributed by atoms with E-state index in [1.807, 2.05) is 0 Å². The minimum atomic E-state index is -3.83. The van der Waals surface area contributed by atoms with Crippen LogP contribution in [0.1, 0.15) is 18.4 Å². The van der Waals surface area contributed by atoms with Crippen molar-refractivity contribution in [3.05, 3.63) is 54.4 Å². The Hall–Kier alpha value is -1.85. The van der Waals surface area contributed by atoms with Crippen LogP contribution in [0.25, 0.3) is 0 Å². The average Bonchev–Trinajstić information content (AvgIpc) is 3.49. The highest BCUT2D eigenvalue weighted by molar-refractivity contribution is 7.89. The Morgan fingerprint density at radius 1 is 1.11 bits per heavy atom. The second-order valence-electron chi connectivity index (χ2n) is 6.56. The first-order chi connectivity index (χ1) is 13.3. The van der Waals surface area contributed by atoms with E-state index in [2.05, 4.69) is 9.71 Å². The van der Waals surface area contributed by atoms with E-state index in [1.165, 1.54) is 35.7 Å². The van der Waals surface area contributed by atoms with Crippen molar-refractivity contribution < 1.29 is 21.6 Å². The van der Waals surface area contributed by atoms with Gasteiger partial charge in [-0.05, 0) is 48.7 Å². The van der Waals surface area contributed by atoms with E-state index in [1.54, 1.807) is 24.5 Å². The molecule has 2 aromatic rings. The maximum absolute atomic E-state index is 13.1. The molecule has 0 spiro atoms. The van der Waals surface area contributed by atoms with Crippen LogP contribution >= 0.6 is 0 Å². The first-order valence-electron chi connectivity index (χ1n) is 8.83. The van der Waals surface area contributed by atoms with E-state index in [-0.39, 0.29) is 35.5 Å². The van der Waals surface area contributed by atoms with Gasteiger partial charge in [-0.2, -0.15) is 4.31 Å². The summed E-state index contributed by atoms with van der Waals surface area (Å²) < 4.78 is 59.6. The molecule has 0 saturated heterocycles. The van der Waals surface area contributed by atoms with Crippen LogP contribution in [-0.4, -0.2) is 52.4 Å². The lowest BCUT2D eigenvalue weighted by molar-refractivity contribution is 0.177. The van der Waals surface area contributed by atoms with Gasteiger partial charge >= 0.3 is 0 Å². The molecule has 1 aliphatic carbocycles. The third-order valence-electron chi connectivity index (χ3n) is 4.30. The van der Waals surface area contributed by atoms with Gasteiger partial charge in [0.2, 0.25) is 20.0 Å². The molecule has 0 atom stereocenters. The molecule has 1 aromatic heterocycles. The Morgan fingerprint density at radius 2 is 1.79 bits per heavy atom. The summed E-state index contributed by atoms with van der Waals surface area (Å²) in [5, 5.41) is 0. The van der Waals surface area contributed by atoms with Gasteiger partial charge in [0.05, 0.1) is 16.4 Å². The summed E-state index contributed by atoms with van der Waals surface area (Å²) in [6, 6.07) is 8.79. The lowest BCUT2D eigenvalue weighted by Gasteiger charge is -2.22. The molecule has 1 saturated carbocycles. The molecule has 1 heterocycles. The maximum atomic E-state index is 13.1. The lowest BCUT2D eigenvalue weighted by atomic mass is 10.3. The molecule has 28 heavy (non-hydrogen) atoms. The summed E-state index contributed by atoms with van der Waals surface area (Å²) in [6.07, 6.45) is 4.88. The highest BCUT2D eigenvalue weighted by atomic mass is 32.2. The fourth-order valence-corrected chi connectivity index (χ4v) is 5.32. The molecule has 8 nitrogen and oxygen atoms in total. The second-order valence-corrected chi connectivity index (χ2v) is 10.2. The zero-order chi connectivity index (χ0) is 20.2. The second kappa shape index (κ2) is 8.66. The number of benzene rings is 1. The number of hydrogen-bond acceptors (Lipinski definition) is 6. The molecule has 1 N–H and O–H groups in total. The van der Waals surface area contributed by atoms with Crippen LogP contribution in [0.4, 0.5) is 0 Å². The van der Waals surface area contributed by atoms with Gasteiger partial charge in [-0.3, -0.25) is 4.98 Å². The summed E-state index contributed by atoms with van der Waals surface area (Å²) in [6.45, 7) is 0.539.